The van der Waals surface area contributed by atoms with Crippen LogP contribution in [-0.4, -0.2) is 78.2 Å². The highest BCUT2D eigenvalue weighted by Crippen LogP contribution is 2.33. The van der Waals surface area contributed by atoms with E-state index in [1.165, 1.54) is 0 Å². The zero-order valence-corrected chi connectivity index (χ0v) is 15.4. The Morgan fingerprint density at radius 3 is 2.62 bits per heavy atom. The zero-order chi connectivity index (χ0) is 18.5. The summed E-state index contributed by atoms with van der Waals surface area (Å²) in [6.07, 6.45) is 1.90. The lowest BCUT2D eigenvalue weighted by atomic mass is 9.90. The molecule has 4 rings (SSSR count). The number of carbonyl (C=O) groups excluding carboxylic acids is 2. The van der Waals surface area contributed by atoms with Crippen LogP contribution >= 0.6 is 0 Å². The molecule has 138 valence electrons. The number of hydrogen-bond donors (Lipinski definition) is 1. The lowest BCUT2D eigenvalue weighted by Gasteiger charge is -2.54. The van der Waals surface area contributed by atoms with Gasteiger partial charge in [0, 0.05) is 37.7 Å². The van der Waals surface area contributed by atoms with Gasteiger partial charge in [-0.1, -0.05) is 18.2 Å². The van der Waals surface area contributed by atoms with Gasteiger partial charge in [-0.3, -0.25) is 14.5 Å². The first kappa shape index (κ1) is 17.1. The first-order valence-corrected chi connectivity index (χ1v) is 8.83. The summed E-state index contributed by atoms with van der Waals surface area (Å²) in [5, 5.41) is 3.64. The minimum atomic E-state index is -0.362. The highest BCUT2D eigenvalue weighted by molar-refractivity contribution is 6.07. The number of carbonyl (C=O) groups is 2. The van der Waals surface area contributed by atoms with Crippen molar-refractivity contribution in [2.45, 2.75) is 11.6 Å². The second-order valence-electron chi connectivity index (χ2n) is 7.37. The van der Waals surface area contributed by atoms with Crippen molar-refractivity contribution in [1.29, 1.82) is 0 Å². The number of aromatic nitrogens is 1. The predicted octanol–water partition coefficient (Wildman–Crippen LogP) is 0.450. The van der Waals surface area contributed by atoms with Gasteiger partial charge >= 0.3 is 0 Å². The number of likely N-dealkylation sites (tertiary alicyclic amines) is 1. The van der Waals surface area contributed by atoms with Crippen molar-refractivity contribution in [2.75, 3.05) is 40.3 Å². The molecule has 0 bridgehead atoms. The number of nitrogens with one attached hydrogen (secondary N) is 1. The number of aryl methyl sites for hydroxylation is 1. The van der Waals surface area contributed by atoms with E-state index in [0.717, 1.165) is 16.5 Å². The predicted molar refractivity (Wildman–Crippen MR) is 98.0 cm³/mol. The third-order valence-electron chi connectivity index (χ3n) is 5.54. The van der Waals surface area contributed by atoms with E-state index in [-0.39, 0.29) is 23.5 Å². The van der Waals surface area contributed by atoms with Crippen LogP contribution in [0.2, 0.25) is 0 Å². The van der Waals surface area contributed by atoms with E-state index < -0.39 is 0 Å². The van der Waals surface area contributed by atoms with Crippen LogP contribution in [0.4, 0.5) is 0 Å². The third-order valence-corrected chi connectivity index (χ3v) is 5.54. The number of nitrogens with zero attached hydrogens (tertiary/aromatic N) is 3. The topological polar surface area (TPSA) is 66.8 Å². The van der Waals surface area contributed by atoms with Crippen LogP contribution in [0, 0.1) is 0 Å². The maximum Gasteiger partial charge on any atom is 0.256 e. The number of morpholine rings is 1. The first-order chi connectivity index (χ1) is 12.4. The molecule has 1 aromatic carbocycles. The van der Waals surface area contributed by atoms with E-state index in [0.29, 0.717) is 26.2 Å². The Morgan fingerprint density at radius 2 is 1.92 bits per heavy atom. The summed E-state index contributed by atoms with van der Waals surface area (Å²) in [5.74, 6) is -0.00235. The van der Waals surface area contributed by atoms with Gasteiger partial charge in [0.25, 0.3) is 5.91 Å². The zero-order valence-electron chi connectivity index (χ0n) is 15.4. The van der Waals surface area contributed by atoms with Gasteiger partial charge in [0.2, 0.25) is 5.91 Å². The monoisotopic (exact) mass is 356 g/mol. The Hall–Kier alpha value is -2.38. The average molecular weight is 356 g/mol. The van der Waals surface area contributed by atoms with Gasteiger partial charge in [-0.2, -0.15) is 0 Å². The Morgan fingerprint density at radius 1 is 1.19 bits per heavy atom. The molecule has 1 spiro atoms. The maximum atomic E-state index is 13.0. The first-order valence-electron chi connectivity index (χ1n) is 8.83. The fraction of sp³-hybridized carbons (Fsp3) is 0.474. The van der Waals surface area contributed by atoms with E-state index in [1.807, 2.05) is 58.9 Å². The Labute approximate surface area is 152 Å². The maximum absolute atomic E-state index is 13.0. The summed E-state index contributed by atoms with van der Waals surface area (Å²) in [5.41, 5.74) is 1.41. The molecule has 0 radical (unpaired) electrons. The molecule has 3 heterocycles. The number of amides is 2. The van der Waals surface area contributed by atoms with E-state index in [4.69, 9.17) is 4.74 Å². The Kier molecular flexibility index (Phi) is 4.00. The van der Waals surface area contributed by atoms with Gasteiger partial charge in [0.15, 0.2) is 0 Å². The lowest BCUT2D eigenvalue weighted by Crippen LogP contribution is -2.73. The SMILES string of the molecule is CNC(=O)[C@H]1COC2(CN(C(=O)c3cn(C)c4ccccc34)C2)CN1C. The van der Waals surface area contributed by atoms with E-state index in [2.05, 4.69) is 5.32 Å². The second kappa shape index (κ2) is 6.10. The number of ether oxygens (including phenoxy) is 1. The summed E-state index contributed by atoms with van der Waals surface area (Å²) in [7, 11) is 5.52. The lowest BCUT2D eigenvalue weighted by molar-refractivity contribution is -0.187. The summed E-state index contributed by atoms with van der Waals surface area (Å²) in [6.45, 7) is 2.11. The van der Waals surface area contributed by atoms with Crippen LogP contribution in [-0.2, 0) is 16.6 Å². The molecule has 2 aliphatic rings. The van der Waals surface area contributed by atoms with Crippen LogP contribution < -0.4 is 5.32 Å². The quantitative estimate of drug-likeness (QED) is 0.849. The van der Waals surface area contributed by atoms with E-state index in [9.17, 15) is 9.59 Å². The van der Waals surface area contributed by atoms with Crippen LogP contribution in [0.3, 0.4) is 0 Å². The number of fused-ring (bicyclic) bond motifs is 1. The number of likely N-dealkylation sites (N-methyl/N-ethyl adjacent to an activating group) is 2. The second-order valence-corrected chi connectivity index (χ2v) is 7.37. The number of rotatable bonds is 2. The smallest absolute Gasteiger partial charge is 0.256 e. The standard InChI is InChI=1S/C19H24N4O3/c1-20-17(24)16-9-26-19(10-22(16)3)11-23(12-19)18(25)14-8-21(2)15-7-5-4-6-13(14)15/h4-8,16H,9-12H2,1-3H3,(H,20,24)/t16-/m1/s1. The molecule has 1 atom stereocenters. The van der Waals surface area contributed by atoms with Gasteiger partial charge in [0.05, 0.1) is 25.3 Å². The van der Waals surface area contributed by atoms with Crippen LogP contribution in [0.25, 0.3) is 10.9 Å². The van der Waals surface area contributed by atoms with Gasteiger partial charge in [-0.15, -0.1) is 0 Å². The summed E-state index contributed by atoms with van der Waals surface area (Å²) in [4.78, 5) is 28.7. The van der Waals surface area contributed by atoms with E-state index in [1.54, 1.807) is 7.05 Å². The van der Waals surface area contributed by atoms with Crippen molar-refractivity contribution in [1.82, 2.24) is 19.7 Å². The Balaban J connectivity index is 1.46. The minimum absolute atomic E-state index is 0.0344. The number of para-hydroxylation sites is 1. The largest absolute Gasteiger partial charge is 0.368 e. The Bertz CT molecular complexity index is 869. The molecule has 1 aromatic heterocycles. The molecule has 2 aromatic rings. The third kappa shape index (κ3) is 2.59. The van der Waals surface area contributed by atoms with Crippen molar-refractivity contribution in [3.63, 3.8) is 0 Å². The normalized spacial score (nSPS) is 22.4. The molecular formula is C19H24N4O3. The highest BCUT2D eigenvalue weighted by Gasteiger charge is 2.51. The van der Waals surface area contributed by atoms with Crippen molar-refractivity contribution in [3.05, 3.63) is 36.0 Å². The molecule has 0 unspecified atom stereocenters. The van der Waals surface area contributed by atoms with E-state index >= 15 is 0 Å². The van der Waals surface area contributed by atoms with Gasteiger partial charge in [0.1, 0.15) is 11.6 Å². The molecular weight excluding hydrogens is 332 g/mol. The fourth-order valence-electron chi connectivity index (χ4n) is 4.10. The number of benzene rings is 1. The summed E-state index contributed by atoms with van der Waals surface area (Å²) in [6, 6.07) is 7.66. The molecule has 7 heteroatoms. The van der Waals surface area contributed by atoms with Crippen molar-refractivity contribution < 1.29 is 14.3 Å². The van der Waals surface area contributed by atoms with Gasteiger partial charge in [-0.05, 0) is 13.1 Å². The fourth-order valence-corrected chi connectivity index (χ4v) is 4.10. The van der Waals surface area contributed by atoms with Crippen LogP contribution in [0.1, 0.15) is 10.4 Å². The molecule has 2 saturated heterocycles. The van der Waals surface area contributed by atoms with Crippen molar-refractivity contribution >= 4 is 22.7 Å². The summed E-state index contributed by atoms with van der Waals surface area (Å²) < 4.78 is 8.00. The highest BCUT2D eigenvalue weighted by atomic mass is 16.5. The molecule has 7 nitrogen and oxygen atoms in total. The molecule has 26 heavy (non-hydrogen) atoms. The van der Waals surface area contributed by atoms with Crippen LogP contribution in [0.5, 0.6) is 0 Å². The van der Waals surface area contributed by atoms with Crippen LogP contribution in [0.15, 0.2) is 30.5 Å². The molecule has 0 aliphatic carbocycles. The van der Waals surface area contributed by atoms with Gasteiger partial charge in [-0.25, -0.2) is 0 Å². The van der Waals surface area contributed by atoms with Crippen molar-refractivity contribution in [2.24, 2.45) is 7.05 Å². The molecule has 0 saturated carbocycles. The average Bonchev–Trinajstić information content (AvgIpc) is 2.95. The van der Waals surface area contributed by atoms with Gasteiger partial charge < -0.3 is 19.5 Å². The minimum Gasteiger partial charge on any atom is -0.368 e. The van der Waals surface area contributed by atoms with Crippen molar-refractivity contribution in [3.8, 4) is 0 Å². The molecule has 2 aliphatic heterocycles. The number of hydrogen-bond acceptors (Lipinski definition) is 4. The molecule has 2 fully saturated rings. The molecule has 2 amide bonds. The summed E-state index contributed by atoms with van der Waals surface area (Å²) >= 11 is 0. The molecule has 1 N–H and O–H groups in total.